The van der Waals surface area contributed by atoms with Gasteiger partial charge in [-0.2, -0.15) is 0 Å². The van der Waals surface area contributed by atoms with E-state index in [1.807, 2.05) is 29.8 Å². The van der Waals surface area contributed by atoms with Crippen molar-refractivity contribution in [3.63, 3.8) is 0 Å². The fourth-order valence-electron chi connectivity index (χ4n) is 9.54. The van der Waals surface area contributed by atoms with E-state index in [2.05, 4.69) is 69.1 Å². The molecular weight excluding hydrogens is 751 g/mol. The van der Waals surface area contributed by atoms with Crippen LogP contribution in [0.4, 0.5) is 9.59 Å². The number of nitrogens with zero attached hydrogens (tertiary/aromatic N) is 3. The van der Waals surface area contributed by atoms with Gasteiger partial charge in [0.1, 0.15) is 17.9 Å². The molecule has 4 amide bonds. The number of ether oxygens (including phenoxy) is 3. The van der Waals surface area contributed by atoms with E-state index < -0.39 is 24.3 Å². The number of nitrogens with one attached hydrogen (secondary N) is 4. The van der Waals surface area contributed by atoms with E-state index in [1.165, 1.54) is 25.3 Å². The number of methoxy groups -OCH3 is 2. The van der Waals surface area contributed by atoms with Gasteiger partial charge in [-0.1, -0.05) is 62.4 Å². The van der Waals surface area contributed by atoms with Crippen molar-refractivity contribution in [1.29, 1.82) is 0 Å². The molecule has 59 heavy (non-hydrogen) atoms. The molecule has 1 aliphatic carbocycles. The minimum atomic E-state index is -0.718. The summed E-state index contributed by atoms with van der Waals surface area (Å²) in [6.45, 7) is 6.11. The molecule has 0 radical (unpaired) electrons. The summed E-state index contributed by atoms with van der Waals surface area (Å²) in [6, 6.07) is 15.4. The molecule has 4 aromatic rings. The maximum atomic E-state index is 13.9. The lowest BCUT2D eigenvalue weighted by Gasteiger charge is -2.31. The fraction of sp³-hybridized carbons (Fsp3) is 0.489. The van der Waals surface area contributed by atoms with Crippen molar-refractivity contribution >= 4 is 24.0 Å². The predicted octanol–water partition coefficient (Wildman–Crippen LogP) is 6.70. The highest BCUT2D eigenvalue weighted by Crippen LogP contribution is 2.43. The number of hydrogen-bond acceptors (Lipinski definition) is 8. The molecule has 5 atom stereocenters. The number of fused-ring (bicyclic) bond motifs is 1. The Morgan fingerprint density at radius 1 is 0.746 bits per heavy atom. The molecule has 2 aromatic carbocycles. The van der Waals surface area contributed by atoms with Gasteiger partial charge >= 0.3 is 12.2 Å². The van der Waals surface area contributed by atoms with Crippen LogP contribution >= 0.6 is 0 Å². The molecule has 4 aliphatic rings. The first-order valence-corrected chi connectivity index (χ1v) is 21.0. The average molecular weight is 806 g/mol. The van der Waals surface area contributed by atoms with Crippen LogP contribution in [0.25, 0.3) is 33.6 Å². The van der Waals surface area contributed by atoms with E-state index in [4.69, 9.17) is 19.2 Å². The van der Waals surface area contributed by atoms with Gasteiger partial charge in [0.25, 0.3) is 0 Å². The molecular formula is C45H55N7O7. The summed E-state index contributed by atoms with van der Waals surface area (Å²) in [5, 5.41) is 5.53. The Kier molecular flexibility index (Phi) is 11.8. The first-order valence-electron chi connectivity index (χ1n) is 21.0. The topological polar surface area (TPSA) is 171 Å². The molecule has 0 bridgehead atoms. The van der Waals surface area contributed by atoms with Crippen LogP contribution in [-0.4, -0.2) is 101 Å². The van der Waals surface area contributed by atoms with Gasteiger partial charge in [0.05, 0.1) is 44.8 Å². The first-order chi connectivity index (χ1) is 28.6. The van der Waals surface area contributed by atoms with Crippen LogP contribution in [0.15, 0.2) is 54.7 Å². The molecule has 14 nitrogen and oxygen atoms in total. The lowest BCUT2D eigenvalue weighted by Crippen LogP contribution is -2.52. The molecule has 3 unspecified atom stereocenters. The van der Waals surface area contributed by atoms with Crippen LogP contribution in [0.5, 0.6) is 0 Å². The predicted molar refractivity (Wildman–Crippen MR) is 221 cm³/mol. The van der Waals surface area contributed by atoms with Gasteiger partial charge < -0.3 is 44.6 Å². The van der Waals surface area contributed by atoms with E-state index in [0.29, 0.717) is 32.7 Å². The standard InChI is InChI=1S/C45H55N7O7/c1-26(2)37(49-44(55)57-3)42(53)51-21-6-10-35(51)40-33-9-5-8-32(33)38(48-40)30-18-14-28(15-19-30)27-12-16-29(17-13-27)34-24-46-41(47-34)36-11-7-22-52(36)43(54)39(50-45(56)58-4)31-20-23-59-25-31/h12-19,24,26,31,35-37,39,48H,5-11,20-23,25H2,1-4H3,(H,46,47)(H,49,55)(H,50,56)/t31?,35?,36-,37-,39?/m0/s1. The van der Waals surface area contributed by atoms with Gasteiger partial charge in [0, 0.05) is 37.0 Å². The Balaban J connectivity index is 0.959. The van der Waals surface area contributed by atoms with Gasteiger partial charge in [-0.3, -0.25) is 9.59 Å². The second-order valence-electron chi connectivity index (χ2n) is 16.5. The van der Waals surface area contributed by atoms with Gasteiger partial charge in [-0.05, 0) is 90.7 Å². The van der Waals surface area contributed by atoms with Crippen molar-refractivity contribution in [2.24, 2.45) is 11.8 Å². The highest BCUT2D eigenvalue weighted by Gasteiger charge is 2.42. The summed E-state index contributed by atoms with van der Waals surface area (Å²) < 4.78 is 15.2. The summed E-state index contributed by atoms with van der Waals surface area (Å²) >= 11 is 0. The minimum Gasteiger partial charge on any atom is -0.453 e. The number of imidazole rings is 1. The molecule has 312 valence electrons. The Hall–Kier alpha value is -5.63. The van der Waals surface area contributed by atoms with Crippen molar-refractivity contribution in [2.45, 2.75) is 89.4 Å². The normalized spacial score (nSPS) is 21.1. The summed E-state index contributed by atoms with van der Waals surface area (Å²) in [5.41, 5.74) is 10.1. The van der Waals surface area contributed by atoms with E-state index in [0.717, 1.165) is 90.1 Å². The van der Waals surface area contributed by atoms with Crippen LogP contribution in [-0.2, 0) is 36.6 Å². The Morgan fingerprint density at radius 2 is 1.36 bits per heavy atom. The maximum absolute atomic E-state index is 13.9. The molecule has 3 saturated heterocycles. The fourth-order valence-corrected chi connectivity index (χ4v) is 9.54. The zero-order valence-electron chi connectivity index (χ0n) is 34.3. The van der Waals surface area contributed by atoms with Crippen LogP contribution in [0, 0.1) is 11.8 Å². The van der Waals surface area contributed by atoms with Crippen LogP contribution in [0.2, 0.25) is 0 Å². The largest absolute Gasteiger partial charge is 0.453 e. The number of hydrogen-bond donors (Lipinski definition) is 4. The van der Waals surface area contributed by atoms with Crippen LogP contribution < -0.4 is 10.6 Å². The average Bonchev–Trinajstić information content (AvgIpc) is 4.11. The number of aromatic amines is 2. The first kappa shape index (κ1) is 40.2. The number of amides is 4. The molecule has 0 spiro atoms. The number of benzene rings is 2. The second-order valence-corrected chi connectivity index (χ2v) is 16.5. The van der Waals surface area contributed by atoms with E-state index in [-0.39, 0.29) is 35.7 Å². The third-order valence-electron chi connectivity index (χ3n) is 12.7. The van der Waals surface area contributed by atoms with Crippen LogP contribution in [0.1, 0.15) is 87.1 Å². The smallest absolute Gasteiger partial charge is 0.407 e. The number of rotatable bonds is 11. The lowest BCUT2D eigenvalue weighted by molar-refractivity contribution is -0.136. The van der Waals surface area contributed by atoms with E-state index in [9.17, 15) is 19.2 Å². The van der Waals surface area contributed by atoms with Crippen molar-refractivity contribution in [1.82, 2.24) is 35.4 Å². The SMILES string of the molecule is COC(=O)NC(C(=O)N1CCC[C@H]1c1ncc(-c2ccc(-c3ccc(-c4[nH]c(C5CCCN5C(=O)[C@@H](NC(=O)OC)C(C)C)c5c4CCC5)cc3)cc2)[nH]1)C1CCOC1. The van der Waals surface area contributed by atoms with Crippen molar-refractivity contribution in [3.05, 3.63) is 77.4 Å². The van der Waals surface area contributed by atoms with Crippen molar-refractivity contribution < 1.29 is 33.4 Å². The van der Waals surface area contributed by atoms with E-state index in [1.54, 1.807) is 0 Å². The van der Waals surface area contributed by atoms with Crippen LogP contribution in [0.3, 0.4) is 0 Å². The molecule has 0 saturated carbocycles. The summed E-state index contributed by atoms with van der Waals surface area (Å²) in [7, 11) is 2.61. The number of H-pyrrole nitrogens is 2. The lowest BCUT2D eigenvalue weighted by atomic mass is 9.97. The second kappa shape index (κ2) is 17.3. The third kappa shape index (κ3) is 8.06. The molecule has 5 heterocycles. The Morgan fingerprint density at radius 3 is 2.00 bits per heavy atom. The zero-order chi connectivity index (χ0) is 41.2. The van der Waals surface area contributed by atoms with Gasteiger partial charge in [-0.15, -0.1) is 0 Å². The summed E-state index contributed by atoms with van der Waals surface area (Å²) in [5.74, 6) is 0.332. The van der Waals surface area contributed by atoms with Crippen molar-refractivity contribution in [2.75, 3.05) is 40.5 Å². The number of aromatic nitrogens is 3. The number of carbonyl (C=O) groups is 4. The summed E-state index contributed by atoms with van der Waals surface area (Å²) in [6.07, 6.45) is 7.77. The molecule has 3 aliphatic heterocycles. The maximum Gasteiger partial charge on any atom is 0.407 e. The summed E-state index contributed by atoms with van der Waals surface area (Å²) in [4.78, 5) is 67.8. The van der Waals surface area contributed by atoms with Gasteiger partial charge in [0.15, 0.2) is 0 Å². The third-order valence-corrected chi connectivity index (χ3v) is 12.7. The molecule has 4 N–H and O–H groups in total. The quantitative estimate of drug-likeness (QED) is 0.130. The van der Waals surface area contributed by atoms with E-state index >= 15 is 0 Å². The Bertz CT molecular complexity index is 2150. The highest BCUT2D eigenvalue weighted by atomic mass is 16.5. The highest BCUT2D eigenvalue weighted by molar-refractivity contribution is 5.87. The van der Waals surface area contributed by atoms with Crippen molar-refractivity contribution in [3.8, 4) is 33.6 Å². The number of carbonyl (C=O) groups excluding carboxylic acids is 4. The number of alkyl carbamates (subject to hydrolysis) is 2. The van der Waals surface area contributed by atoms with Gasteiger partial charge in [0.2, 0.25) is 11.8 Å². The molecule has 8 rings (SSSR count). The Labute approximate surface area is 344 Å². The molecule has 2 aromatic heterocycles. The zero-order valence-corrected chi connectivity index (χ0v) is 34.3. The van der Waals surface area contributed by atoms with Gasteiger partial charge in [-0.25, -0.2) is 14.6 Å². The minimum absolute atomic E-state index is 0.0630. The molecule has 3 fully saturated rings. The number of likely N-dealkylation sites (tertiary alicyclic amines) is 2. The molecule has 14 heteroatoms. The monoisotopic (exact) mass is 805 g/mol.